The number of hydrogen-bond acceptors (Lipinski definition) is 3. The normalized spacial score (nSPS) is 12.1. The third-order valence-electron chi connectivity index (χ3n) is 10.9. The van der Waals surface area contributed by atoms with Gasteiger partial charge in [-0.15, -0.1) is 0 Å². The van der Waals surface area contributed by atoms with E-state index >= 15 is 0 Å². The number of carboxylic acids is 1. The summed E-state index contributed by atoms with van der Waals surface area (Å²) in [4.78, 5) is 14.2. The summed E-state index contributed by atoms with van der Waals surface area (Å²) in [6.07, 6.45) is 51.5. The van der Waals surface area contributed by atoms with E-state index in [1.807, 2.05) is 0 Å². The Kier molecular flexibility index (Phi) is 48.2. The van der Waals surface area contributed by atoms with Crippen molar-refractivity contribution in [3.63, 3.8) is 0 Å². The number of hydrogen-bond donors (Lipinski definition) is 0. The maximum absolute atomic E-state index is 12.0. The van der Waals surface area contributed by atoms with Gasteiger partial charge in [0.1, 0.15) is 0 Å². The molecule has 0 aromatic heterocycles. The third-order valence-corrected chi connectivity index (χ3v) is 10.9. The van der Waals surface area contributed by atoms with Crippen LogP contribution in [0.3, 0.4) is 0 Å². The molecule has 0 saturated carbocycles. The maximum Gasteiger partial charge on any atom is 1.00 e. The molecule has 0 N–H and O–H groups in total. The average Bonchev–Trinajstić information content (AvgIpc) is 3.08. The summed E-state index contributed by atoms with van der Waals surface area (Å²) in [5.41, 5.74) is 0. The van der Waals surface area contributed by atoms with Crippen LogP contribution in [0.15, 0.2) is 0 Å². The van der Waals surface area contributed by atoms with E-state index in [2.05, 4.69) is 25.7 Å². The smallest absolute Gasteiger partial charge is 0.548 e. The van der Waals surface area contributed by atoms with Gasteiger partial charge < -0.3 is 9.90 Å². The zero-order valence-corrected chi connectivity index (χ0v) is 37.7. The molecule has 3 nitrogen and oxygen atoms in total. The Balaban J connectivity index is 0. The van der Waals surface area contributed by atoms with Gasteiger partial charge in [0.25, 0.3) is 0 Å². The molecule has 0 fully saturated rings. The minimum Gasteiger partial charge on any atom is -0.548 e. The molecule has 0 heterocycles. The van der Waals surface area contributed by atoms with Gasteiger partial charge in [-0.25, -0.2) is 0 Å². The van der Waals surface area contributed by atoms with E-state index in [-0.39, 0.29) is 51.4 Å². The van der Waals surface area contributed by atoms with Crippen molar-refractivity contribution in [2.45, 2.75) is 271 Å². The number of unbranched alkanes of at least 4 members (excludes halogenated alkanes) is 34. The van der Waals surface area contributed by atoms with E-state index in [9.17, 15) is 9.90 Å². The first-order valence-electron chi connectivity index (χ1n) is 22.6. The van der Waals surface area contributed by atoms with Gasteiger partial charge in [0.15, 0.2) is 0 Å². The van der Waals surface area contributed by atoms with Gasteiger partial charge in [0.2, 0.25) is 0 Å². The summed E-state index contributed by atoms with van der Waals surface area (Å²) < 4.78 is 0. The molecule has 0 radical (unpaired) electrons. The molecule has 0 aliphatic carbocycles. The standard InChI is InChI=1S/C45H91NO2.K/c1-4-7-9-11-13-15-17-19-21-23-25-27-29-31-33-35-37-39-42-46(44(41-6-3)45(47)48)43-40-38-36-34-32-30-28-26-24-22-20-18-16-14-12-10-8-5-2;/h44H,4-43H2,1-3H3,(H,47,48);/q;+1/p-1. The number of carbonyl (C=O) groups is 1. The number of carboxylic acid groups (broad SMARTS) is 1. The average molecular weight is 716 g/mol. The second-order valence-corrected chi connectivity index (χ2v) is 15.7. The SMILES string of the molecule is CCCCCCCCCCCCCCCCCCCCN(CCCCCCCCCCCCCCCCCCCC)C(CCC)C(=O)[O-].[K+]. The summed E-state index contributed by atoms with van der Waals surface area (Å²) in [5, 5.41) is 12.0. The van der Waals surface area contributed by atoms with Crippen molar-refractivity contribution in [2.75, 3.05) is 13.1 Å². The van der Waals surface area contributed by atoms with Crippen molar-refractivity contribution in [3.05, 3.63) is 0 Å². The van der Waals surface area contributed by atoms with E-state index in [0.29, 0.717) is 0 Å². The molecule has 0 aliphatic rings. The first-order valence-corrected chi connectivity index (χ1v) is 22.6. The van der Waals surface area contributed by atoms with Gasteiger partial charge in [-0.2, -0.15) is 0 Å². The van der Waals surface area contributed by atoms with E-state index in [1.54, 1.807) is 0 Å². The molecule has 288 valence electrons. The van der Waals surface area contributed by atoms with Crippen LogP contribution < -0.4 is 56.5 Å². The molecule has 0 aromatic rings. The zero-order valence-electron chi connectivity index (χ0n) is 34.6. The second-order valence-electron chi connectivity index (χ2n) is 15.7. The van der Waals surface area contributed by atoms with Crippen molar-refractivity contribution in [3.8, 4) is 0 Å². The minimum atomic E-state index is -0.860. The van der Waals surface area contributed by atoms with E-state index in [0.717, 1.165) is 38.8 Å². The van der Waals surface area contributed by atoms with Crippen molar-refractivity contribution in [1.82, 2.24) is 4.90 Å². The molecule has 4 heteroatoms. The Labute approximate surface area is 352 Å². The van der Waals surface area contributed by atoms with Crippen LogP contribution in [0.5, 0.6) is 0 Å². The van der Waals surface area contributed by atoms with Crippen LogP contribution in [0.1, 0.15) is 265 Å². The van der Waals surface area contributed by atoms with Crippen molar-refractivity contribution in [2.24, 2.45) is 0 Å². The fourth-order valence-electron chi connectivity index (χ4n) is 7.58. The van der Waals surface area contributed by atoms with Crippen LogP contribution >= 0.6 is 0 Å². The zero-order chi connectivity index (χ0) is 35.0. The van der Waals surface area contributed by atoms with Gasteiger partial charge >= 0.3 is 51.4 Å². The van der Waals surface area contributed by atoms with Crippen molar-refractivity contribution in [1.29, 1.82) is 0 Å². The predicted octanol–water partition coefficient (Wildman–Crippen LogP) is 11.3. The molecule has 0 amide bonds. The fourth-order valence-corrected chi connectivity index (χ4v) is 7.58. The van der Waals surface area contributed by atoms with Gasteiger partial charge in [0, 0.05) is 6.04 Å². The summed E-state index contributed by atoms with van der Waals surface area (Å²) in [5.74, 6) is -0.860. The van der Waals surface area contributed by atoms with Crippen LogP contribution in [0.25, 0.3) is 0 Å². The minimum absolute atomic E-state index is 0. The van der Waals surface area contributed by atoms with Crippen molar-refractivity contribution < 1.29 is 61.3 Å². The Bertz CT molecular complexity index is 575. The van der Waals surface area contributed by atoms with Crippen molar-refractivity contribution >= 4 is 5.97 Å². The Morgan fingerprint density at radius 3 is 0.755 bits per heavy atom. The molecule has 0 saturated heterocycles. The monoisotopic (exact) mass is 716 g/mol. The molecular formula is C45H90KNO2. The van der Waals surface area contributed by atoms with E-state index < -0.39 is 12.0 Å². The van der Waals surface area contributed by atoms with Gasteiger partial charge in [-0.3, -0.25) is 4.90 Å². The predicted molar refractivity (Wildman–Crippen MR) is 213 cm³/mol. The summed E-state index contributed by atoms with van der Waals surface area (Å²) in [7, 11) is 0. The summed E-state index contributed by atoms with van der Waals surface area (Å²) in [6, 6.07) is -0.397. The second kappa shape index (κ2) is 45.2. The largest absolute Gasteiger partial charge is 1.00 e. The number of rotatable bonds is 42. The third kappa shape index (κ3) is 40.1. The van der Waals surface area contributed by atoms with Crippen LogP contribution in [0.4, 0.5) is 0 Å². The Morgan fingerprint density at radius 2 is 0.571 bits per heavy atom. The van der Waals surface area contributed by atoms with Crippen LogP contribution in [0, 0.1) is 0 Å². The molecular weight excluding hydrogens is 626 g/mol. The number of aliphatic carboxylic acids is 1. The summed E-state index contributed by atoms with van der Waals surface area (Å²) >= 11 is 0. The maximum atomic E-state index is 12.0. The van der Waals surface area contributed by atoms with Crippen LogP contribution in [0.2, 0.25) is 0 Å². The van der Waals surface area contributed by atoms with Gasteiger partial charge in [0.05, 0.1) is 5.97 Å². The van der Waals surface area contributed by atoms with E-state index in [4.69, 9.17) is 0 Å². The first kappa shape index (κ1) is 52.2. The molecule has 0 spiro atoms. The summed E-state index contributed by atoms with van der Waals surface area (Å²) in [6.45, 7) is 8.54. The topological polar surface area (TPSA) is 43.4 Å². The first-order chi connectivity index (χ1) is 23.7. The van der Waals surface area contributed by atoms with E-state index in [1.165, 1.54) is 218 Å². The quantitative estimate of drug-likeness (QED) is 0.0467. The molecule has 49 heavy (non-hydrogen) atoms. The molecule has 1 atom stereocenters. The fraction of sp³-hybridized carbons (Fsp3) is 0.978. The Morgan fingerprint density at radius 1 is 0.367 bits per heavy atom. The van der Waals surface area contributed by atoms with Gasteiger partial charge in [-0.05, 0) is 32.4 Å². The molecule has 1 unspecified atom stereocenters. The molecule has 0 aliphatic heterocycles. The van der Waals surface area contributed by atoms with Crippen LogP contribution in [-0.4, -0.2) is 30.0 Å². The Hall–Kier alpha value is 1.07. The van der Waals surface area contributed by atoms with Gasteiger partial charge in [-0.1, -0.05) is 245 Å². The number of carbonyl (C=O) groups excluding carboxylic acids is 1. The molecule has 0 bridgehead atoms. The number of nitrogens with zero attached hydrogens (tertiary/aromatic N) is 1. The molecule has 0 rings (SSSR count). The van der Waals surface area contributed by atoms with Crippen LogP contribution in [-0.2, 0) is 4.79 Å². The molecule has 0 aromatic carbocycles.